The number of Topliss-reactive ketones (excluding diaryl/α,β-unsaturated/α-hetero) is 1. The molecule has 1 aliphatic carbocycles. The third-order valence-electron chi connectivity index (χ3n) is 12.2. The van der Waals surface area contributed by atoms with Crippen molar-refractivity contribution in [1.29, 1.82) is 0 Å². The maximum absolute atomic E-state index is 12.4. The summed E-state index contributed by atoms with van der Waals surface area (Å²) in [4.78, 5) is 24.6. The zero-order valence-corrected chi connectivity index (χ0v) is 43.4. The molecule has 1 saturated heterocycles. The molecular weight excluding hydrogens is 837 g/mol. The van der Waals surface area contributed by atoms with Crippen LogP contribution in [-0.4, -0.2) is 70.0 Å². The Kier molecular flexibility index (Phi) is 27.3. The zero-order valence-electron chi connectivity index (χ0n) is 43.4. The normalized spacial score (nSPS) is 23.3. The number of ketones is 1. The van der Waals surface area contributed by atoms with Gasteiger partial charge in [-0.2, -0.15) is 0 Å². The third kappa shape index (κ3) is 24.6. The maximum Gasteiger partial charge on any atom is 0.305 e. The lowest BCUT2D eigenvalue weighted by Gasteiger charge is -2.42. The Morgan fingerprint density at radius 1 is 0.716 bits per heavy atom. The molecule has 1 heterocycles. The number of rotatable bonds is 27. The lowest BCUT2D eigenvalue weighted by Crippen LogP contribution is -2.60. The highest BCUT2D eigenvalue weighted by Gasteiger charge is 2.46. The van der Waals surface area contributed by atoms with Crippen LogP contribution in [0.3, 0.4) is 0 Å². The third-order valence-corrected chi connectivity index (χ3v) is 12.2. The van der Waals surface area contributed by atoms with E-state index in [2.05, 4.69) is 110 Å². The summed E-state index contributed by atoms with van der Waals surface area (Å²) >= 11 is 0. The van der Waals surface area contributed by atoms with E-state index in [0.717, 1.165) is 70.6 Å². The van der Waals surface area contributed by atoms with Gasteiger partial charge in [0.25, 0.3) is 0 Å². The quantitative estimate of drug-likeness (QED) is 0.0423. The van der Waals surface area contributed by atoms with Gasteiger partial charge in [0.2, 0.25) is 0 Å². The van der Waals surface area contributed by atoms with Crippen LogP contribution in [0.1, 0.15) is 160 Å². The van der Waals surface area contributed by atoms with Crippen LogP contribution >= 0.6 is 0 Å². The highest BCUT2D eigenvalue weighted by Crippen LogP contribution is 2.39. The number of esters is 1. The second kappa shape index (κ2) is 31.0. The summed E-state index contributed by atoms with van der Waals surface area (Å²) < 4.78 is 17.4. The molecule has 67 heavy (non-hydrogen) atoms. The monoisotopic (exact) mass is 925 g/mol. The van der Waals surface area contributed by atoms with Gasteiger partial charge in [-0.25, -0.2) is 0 Å². The smallest absolute Gasteiger partial charge is 0.305 e. The predicted molar refractivity (Wildman–Crippen MR) is 278 cm³/mol. The molecule has 0 saturated carbocycles. The first-order valence-electron chi connectivity index (χ1n) is 24.8. The zero-order chi connectivity index (χ0) is 50.0. The maximum atomic E-state index is 12.4. The minimum Gasteiger partial charge on any atom is -0.463 e. The average molecular weight is 925 g/mol. The SMILES string of the molecule is CC1=C(/C=C/C(C)=C/C=C/C(C)=C/C=C/C=C(C)/C=C/C=C(C)/C=C/C=C(C)/C=C/CC(C)(C)O[C@@H]2O[C@H](COC(=O)CCCCCCCCCC(C)C)[C@@H](O)[C@H](O)[C@H]2O)C(C)(C)CCC1=O. The van der Waals surface area contributed by atoms with Gasteiger partial charge in [-0.05, 0) is 97.1 Å². The molecule has 1 aliphatic heterocycles. The van der Waals surface area contributed by atoms with E-state index in [1.165, 1.54) is 32.1 Å². The Bertz CT molecular complexity index is 1930. The first-order valence-corrected chi connectivity index (χ1v) is 24.8. The molecule has 8 heteroatoms. The Hall–Kier alpha value is -4.18. The summed E-state index contributed by atoms with van der Waals surface area (Å²) in [5.74, 6) is 0.641. The van der Waals surface area contributed by atoms with Gasteiger partial charge in [0.05, 0.1) is 5.60 Å². The molecule has 5 atom stereocenters. The van der Waals surface area contributed by atoms with E-state index < -0.39 is 36.3 Å². The fourth-order valence-electron chi connectivity index (χ4n) is 7.71. The van der Waals surface area contributed by atoms with Gasteiger partial charge in [0.1, 0.15) is 31.0 Å². The van der Waals surface area contributed by atoms with Gasteiger partial charge in [0.15, 0.2) is 12.1 Å². The van der Waals surface area contributed by atoms with E-state index in [-0.39, 0.29) is 30.2 Å². The van der Waals surface area contributed by atoms with Gasteiger partial charge in [-0.15, -0.1) is 0 Å². The van der Waals surface area contributed by atoms with Crippen molar-refractivity contribution in [3.63, 3.8) is 0 Å². The highest BCUT2D eigenvalue weighted by molar-refractivity contribution is 5.97. The Balaban J connectivity index is 1.79. The molecule has 0 amide bonds. The van der Waals surface area contributed by atoms with E-state index in [1.807, 2.05) is 76.3 Å². The largest absolute Gasteiger partial charge is 0.463 e. The van der Waals surface area contributed by atoms with Gasteiger partial charge in [-0.1, -0.05) is 204 Å². The number of aliphatic hydroxyl groups excluding tert-OH is 3. The summed E-state index contributed by atoms with van der Waals surface area (Å²) in [6.07, 6.45) is 39.6. The number of ether oxygens (including phenoxy) is 3. The van der Waals surface area contributed by atoms with Crippen LogP contribution in [0.5, 0.6) is 0 Å². The molecule has 0 aromatic carbocycles. The van der Waals surface area contributed by atoms with Crippen molar-refractivity contribution >= 4 is 11.8 Å². The second-order valence-corrected chi connectivity index (χ2v) is 20.3. The molecule has 372 valence electrons. The molecule has 0 bridgehead atoms. The second-order valence-electron chi connectivity index (χ2n) is 20.3. The number of hydrogen-bond donors (Lipinski definition) is 3. The summed E-state index contributed by atoms with van der Waals surface area (Å²) in [5.41, 5.74) is 6.81. The van der Waals surface area contributed by atoms with Crippen molar-refractivity contribution in [1.82, 2.24) is 0 Å². The van der Waals surface area contributed by atoms with Crippen molar-refractivity contribution in [2.75, 3.05) is 6.61 Å². The first-order chi connectivity index (χ1) is 31.6. The van der Waals surface area contributed by atoms with Crippen LogP contribution in [-0.2, 0) is 23.8 Å². The lowest BCUT2D eigenvalue weighted by atomic mass is 9.72. The van der Waals surface area contributed by atoms with Crippen LogP contribution in [0, 0.1) is 11.3 Å². The van der Waals surface area contributed by atoms with Crippen LogP contribution < -0.4 is 0 Å². The number of allylic oxidation sites excluding steroid dienone is 23. The fourth-order valence-corrected chi connectivity index (χ4v) is 7.71. The van der Waals surface area contributed by atoms with E-state index in [4.69, 9.17) is 14.2 Å². The first kappa shape index (κ1) is 58.9. The summed E-state index contributed by atoms with van der Waals surface area (Å²) in [6.45, 7) is 24.6. The highest BCUT2D eigenvalue weighted by atomic mass is 16.7. The number of aliphatic hydroxyl groups is 3. The van der Waals surface area contributed by atoms with E-state index in [1.54, 1.807) is 0 Å². The Morgan fingerprint density at radius 3 is 1.76 bits per heavy atom. The Morgan fingerprint density at radius 2 is 1.21 bits per heavy atom. The minimum atomic E-state index is -1.51. The molecule has 2 rings (SSSR count). The van der Waals surface area contributed by atoms with E-state index in [0.29, 0.717) is 12.8 Å². The summed E-state index contributed by atoms with van der Waals surface area (Å²) in [5, 5.41) is 31.8. The van der Waals surface area contributed by atoms with E-state index in [9.17, 15) is 24.9 Å². The Labute approximate surface area is 406 Å². The minimum absolute atomic E-state index is 0.0177. The fraction of sp³-hybridized carbons (Fsp3) is 0.559. The predicted octanol–water partition coefficient (Wildman–Crippen LogP) is 13.5. The number of carbonyl (C=O) groups excluding carboxylic acids is 2. The topological polar surface area (TPSA) is 123 Å². The molecule has 0 aromatic rings. The molecule has 8 nitrogen and oxygen atoms in total. The van der Waals surface area contributed by atoms with Crippen molar-refractivity contribution in [3.05, 3.63) is 142 Å². The van der Waals surface area contributed by atoms with Gasteiger partial charge in [-0.3, -0.25) is 9.59 Å². The van der Waals surface area contributed by atoms with Crippen LogP contribution in [0.25, 0.3) is 0 Å². The molecule has 2 aliphatic rings. The average Bonchev–Trinajstić information content (AvgIpc) is 3.25. The van der Waals surface area contributed by atoms with Crippen molar-refractivity contribution < 1.29 is 39.1 Å². The standard InChI is InChI=1S/C59H88O8/c1-43(2)26-18-16-14-13-15-17-19-36-53(61)65-42-52-54(62)55(63)56(64)57(66-52)67-59(11,12)40-25-35-47(6)33-23-32-46(5)31-22-29-44(3)27-20-21-28-45(4)30-24-34-48(7)37-38-50-49(8)51(60)39-41-58(50,9)10/h20-25,27-35,37-38,43,52,54-57,62-64H,13-19,26,36,39-42H2,1-12H3/b21-20+,29-22+,30-24+,32-23+,35-25+,38-37+,44-27+,45-28+,46-31+,47-33+,48-34+/t52-,54-,55+,56-,57+/m1/s1. The molecule has 0 radical (unpaired) electrons. The molecule has 0 aromatic heterocycles. The summed E-state index contributed by atoms with van der Waals surface area (Å²) in [7, 11) is 0. The van der Waals surface area contributed by atoms with Crippen molar-refractivity contribution in [3.8, 4) is 0 Å². The molecule has 0 spiro atoms. The lowest BCUT2D eigenvalue weighted by molar-refractivity contribution is -0.323. The molecular formula is C59H88O8. The molecule has 1 fully saturated rings. The number of carbonyl (C=O) groups is 2. The van der Waals surface area contributed by atoms with Crippen LogP contribution in [0.2, 0.25) is 0 Å². The van der Waals surface area contributed by atoms with E-state index >= 15 is 0 Å². The number of hydrogen-bond acceptors (Lipinski definition) is 8. The van der Waals surface area contributed by atoms with Crippen LogP contribution in [0.15, 0.2) is 142 Å². The van der Waals surface area contributed by atoms with Gasteiger partial charge < -0.3 is 29.5 Å². The number of unbranched alkanes of at least 4 members (excludes halogenated alkanes) is 6. The van der Waals surface area contributed by atoms with Crippen LogP contribution in [0.4, 0.5) is 0 Å². The molecule has 3 N–H and O–H groups in total. The van der Waals surface area contributed by atoms with Crippen molar-refractivity contribution in [2.45, 2.75) is 196 Å². The van der Waals surface area contributed by atoms with Crippen molar-refractivity contribution in [2.24, 2.45) is 11.3 Å². The summed E-state index contributed by atoms with van der Waals surface area (Å²) in [6, 6.07) is 0. The van der Waals surface area contributed by atoms with Gasteiger partial charge in [0, 0.05) is 12.8 Å². The van der Waals surface area contributed by atoms with Gasteiger partial charge >= 0.3 is 5.97 Å². The molecule has 0 unspecified atom stereocenters.